The summed E-state index contributed by atoms with van der Waals surface area (Å²) in [6.07, 6.45) is 1.41. The first-order valence-corrected chi connectivity index (χ1v) is 10.6. The highest BCUT2D eigenvalue weighted by molar-refractivity contribution is 7.89. The summed E-state index contributed by atoms with van der Waals surface area (Å²) in [6, 6.07) is 12.3. The van der Waals surface area contributed by atoms with Gasteiger partial charge in [0.05, 0.1) is 17.9 Å². The third-order valence-corrected chi connectivity index (χ3v) is 6.83. The lowest BCUT2D eigenvalue weighted by atomic mass is 10.00. The minimum atomic E-state index is -3.64. The van der Waals surface area contributed by atoms with Crippen molar-refractivity contribution in [1.29, 1.82) is 0 Å². The molecule has 1 aliphatic heterocycles. The zero-order valence-corrected chi connectivity index (χ0v) is 16.6. The number of piperidine rings is 1. The van der Waals surface area contributed by atoms with Gasteiger partial charge in [0.1, 0.15) is 11.6 Å². The number of rotatable bonds is 5. The van der Waals surface area contributed by atoms with Gasteiger partial charge in [0, 0.05) is 18.7 Å². The van der Waals surface area contributed by atoms with Crippen molar-refractivity contribution < 1.29 is 22.1 Å². The fraction of sp³-hybridized carbons (Fsp3) is 0.300. The van der Waals surface area contributed by atoms with Gasteiger partial charge in [-0.1, -0.05) is 17.3 Å². The number of benzene rings is 2. The number of halogens is 1. The molecule has 3 aromatic rings. The Balaban J connectivity index is 1.54. The van der Waals surface area contributed by atoms with E-state index in [1.165, 1.54) is 35.7 Å². The van der Waals surface area contributed by atoms with Gasteiger partial charge < -0.3 is 9.26 Å². The molecule has 0 spiro atoms. The second-order valence-electron chi connectivity index (χ2n) is 6.84. The molecule has 0 radical (unpaired) electrons. The van der Waals surface area contributed by atoms with Crippen LogP contribution >= 0.6 is 0 Å². The predicted molar refractivity (Wildman–Crippen MR) is 103 cm³/mol. The van der Waals surface area contributed by atoms with Crippen LogP contribution in [0.25, 0.3) is 11.4 Å². The van der Waals surface area contributed by atoms with Crippen molar-refractivity contribution in [2.24, 2.45) is 0 Å². The first-order chi connectivity index (χ1) is 14.0. The van der Waals surface area contributed by atoms with Crippen molar-refractivity contribution in [1.82, 2.24) is 14.4 Å². The number of ether oxygens (including phenoxy) is 1. The van der Waals surface area contributed by atoms with Crippen molar-refractivity contribution in [2.45, 2.75) is 23.7 Å². The Bertz CT molecular complexity index is 1100. The molecular weight excluding hydrogens is 397 g/mol. The van der Waals surface area contributed by atoms with Crippen molar-refractivity contribution in [3.8, 4) is 17.1 Å². The molecule has 0 saturated carbocycles. The Kier molecular flexibility index (Phi) is 5.33. The zero-order chi connectivity index (χ0) is 20.4. The van der Waals surface area contributed by atoms with Crippen LogP contribution in [0.1, 0.15) is 24.7 Å². The van der Waals surface area contributed by atoms with Gasteiger partial charge in [-0.25, -0.2) is 12.8 Å². The molecule has 29 heavy (non-hydrogen) atoms. The number of sulfonamides is 1. The highest BCUT2D eigenvalue weighted by Gasteiger charge is 2.33. The van der Waals surface area contributed by atoms with Gasteiger partial charge in [-0.05, 0) is 49.2 Å². The van der Waals surface area contributed by atoms with Crippen molar-refractivity contribution >= 4 is 10.0 Å². The van der Waals surface area contributed by atoms with E-state index >= 15 is 0 Å². The van der Waals surface area contributed by atoms with Crippen LogP contribution in [0, 0.1) is 5.82 Å². The van der Waals surface area contributed by atoms with E-state index in [-0.39, 0.29) is 29.0 Å². The lowest BCUT2D eigenvalue weighted by Crippen LogP contribution is -2.39. The molecule has 4 rings (SSSR count). The maximum Gasteiger partial charge on any atom is 0.243 e. The maximum atomic E-state index is 13.4. The number of hydrogen-bond donors (Lipinski definition) is 0. The standard InChI is InChI=1S/C20H20FN3O4S/c1-27-17-7-9-18(10-8-17)29(25,26)24-11-3-5-15(13-24)20-22-19(23-28-20)14-4-2-6-16(21)12-14/h2,4,6-10,12,15H,3,5,11,13H2,1H3. The normalized spacial score (nSPS) is 17.9. The second-order valence-corrected chi connectivity index (χ2v) is 8.78. The summed E-state index contributed by atoms with van der Waals surface area (Å²) in [5.74, 6) is 0.639. The summed E-state index contributed by atoms with van der Waals surface area (Å²) in [4.78, 5) is 4.59. The smallest absolute Gasteiger partial charge is 0.243 e. The van der Waals surface area contributed by atoms with E-state index < -0.39 is 10.0 Å². The fourth-order valence-corrected chi connectivity index (χ4v) is 4.93. The van der Waals surface area contributed by atoms with Gasteiger partial charge in [-0.3, -0.25) is 0 Å². The van der Waals surface area contributed by atoms with E-state index in [2.05, 4.69) is 10.1 Å². The van der Waals surface area contributed by atoms with Gasteiger partial charge in [0.25, 0.3) is 0 Å². The Hall–Kier alpha value is -2.78. The van der Waals surface area contributed by atoms with Crippen LogP contribution in [0.3, 0.4) is 0 Å². The molecule has 1 aromatic heterocycles. The molecule has 0 amide bonds. The van der Waals surface area contributed by atoms with Crippen LogP contribution in [0.2, 0.25) is 0 Å². The molecule has 0 aliphatic carbocycles. The van der Waals surface area contributed by atoms with E-state index in [1.54, 1.807) is 24.3 Å². The van der Waals surface area contributed by atoms with E-state index in [0.717, 1.165) is 6.42 Å². The molecule has 1 aliphatic rings. The van der Waals surface area contributed by atoms with Crippen LogP contribution in [0.4, 0.5) is 4.39 Å². The SMILES string of the molecule is COc1ccc(S(=O)(=O)N2CCCC(c3nc(-c4cccc(F)c4)no3)C2)cc1. The molecule has 1 unspecified atom stereocenters. The van der Waals surface area contributed by atoms with E-state index in [0.29, 0.717) is 30.2 Å². The molecule has 2 aromatic carbocycles. The number of hydrogen-bond acceptors (Lipinski definition) is 6. The highest BCUT2D eigenvalue weighted by Crippen LogP contribution is 2.31. The third-order valence-electron chi connectivity index (χ3n) is 4.96. The Morgan fingerprint density at radius 3 is 2.72 bits per heavy atom. The highest BCUT2D eigenvalue weighted by atomic mass is 32.2. The van der Waals surface area contributed by atoms with E-state index in [1.807, 2.05) is 0 Å². The minimum Gasteiger partial charge on any atom is -0.497 e. The number of methoxy groups -OCH3 is 1. The fourth-order valence-electron chi connectivity index (χ4n) is 3.40. The van der Waals surface area contributed by atoms with Crippen molar-refractivity contribution in [2.75, 3.05) is 20.2 Å². The molecule has 0 bridgehead atoms. The van der Waals surface area contributed by atoms with Crippen LogP contribution in [-0.2, 0) is 10.0 Å². The molecule has 0 N–H and O–H groups in total. The summed E-state index contributed by atoms with van der Waals surface area (Å²) >= 11 is 0. The average molecular weight is 417 g/mol. The van der Waals surface area contributed by atoms with E-state index in [9.17, 15) is 12.8 Å². The first-order valence-electron chi connectivity index (χ1n) is 9.21. The lowest BCUT2D eigenvalue weighted by Gasteiger charge is -2.30. The van der Waals surface area contributed by atoms with Gasteiger partial charge >= 0.3 is 0 Å². The Morgan fingerprint density at radius 2 is 2.00 bits per heavy atom. The zero-order valence-electron chi connectivity index (χ0n) is 15.8. The molecular formula is C20H20FN3O4S. The van der Waals surface area contributed by atoms with Crippen LogP contribution in [-0.4, -0.2) is 43.1 Å². The van der Waals surface area contributed by atoms with Gasteiger partial charge in [-0.2, -0.15) is 9.29 Å². The summed E-state index contributed by atoms with van der Waals surface area (Å²) in [7, 11) is -2.11. The van der Waals surface area contributed by atoms with Gasteiger partial charge in [0.2, 0.25) is 21.7 Å². The van der Waals surface area contributed by atoms with Crippen molar-refractivity contribution in [3.05, 3.63) is 60.2 Å². The van der Waals surface area contributed by atoms with E-state index in [4.69, 9.17) is 9.26 Å². The summed E-state index contributed by atoms with van der Waals surface area (Å²) in [5, 5.41) is 3.93. The van der Waals surface area contributed by atoms with Crippen LogP contribution in [0.5, 0.6) is 5.75 Å². The summed E-state index contributed by atoms with van der Waals surface area (Å²) < 4.78 is 51.3. The molecule has 9 heteroatoms. The van der Waals surface area contributed by atoms with Crippen molar-refractivity contribution in [3.63, 3.8) is 0 Å². The average Bonchev–Trinajstić information content (AvgIpc) is 3.24. The summed E-state index contributed by atoms with van der Waals surface area (Å²) in [6.45, 7) is 0.675. The van der Waals surface area contributed by atoms with Gasteiger partial charge in [0.15, 0.2) is 0 Å². The summed E-state index contributed by atoms with van der Waals surface area (Å²) in [5.41, 5.74) is 0.513. The number of aromatic nitrogens is 2. The molecule has 1 saturated heterocycles. The molecule has 7 nitrogen and oxygen atoms in total. The molecule has 1 atom stereocenters. The molecule has 2 heterocycles. The first kappa shape index (κ1) is 19.5. The predicted octanol–water partition coefficient (Wildman–Crippen LogP) is 3.45. The monoisotopic (exact) mass is 417 g/mol. The maximum absolute atomic E-state index is 13.4. The van der Waals surface area contributed by atoms with Gasteiger partial charge in [-0.15, -0.1) is 0 Å². The number of nitrogens with zero attached hydrogens (tertiary/aromatic N) is 3. The minimum absolute atomic E-state index is 0.213. The Morgan fingerprint density at radius 1 is 1.21 bits per heavy atom. The topological polar surface area (TPSA) is 85.5 Å². The van der Waals surface area contributed by atoms with Crippen LogP contribution < -0.4 is 4.74 Å². The lowest BCUT2D eigenvalue weighted by molar-refractivity contribution is 0.265. The quantitative estimate of drug-likeness (QED) is 0.632. The molecule has 1 fully saturated rings. The van der Waals surface area contributed by atoms with Crippen LogP contribution in [0.15, 0.2) is 57.9 Å². The molecule has 152 valence electrons. The second kappa shape index (κ2) is 7.92. The Labute approximate surface area is 168 Å². The largest absolute Gasteiger partial charge is 0.497 e. The third kappa shape index (κ3) is 4.01.